The van der Waals surface area contributed by atoms with Crippen molar-refractivity contribution in [3.05, 3.63) is 0 Å². The van der Waals surface area contributed by atoms with Crippen LogP contribution in [-0.4, -0.2) is 42.0 Å². The van der Waals surface area contributed by atoms with Crippen LogP contribution in [0.25, 0.3) is 0 Å². The fraction of sp³-hybridized carbons (Fsp3) is 0.941. The van der Waals surface area contributed by atoms with E-state index in [-0.39, 0.29) is 5.91 Å². The molecule has 4 atom stereocenters. The van der Waals surface area contributed by atoms with E-state index < -0.39 is 5.54 Å². The summed E-state index contributed by atoms with van der Waals surface area (Å²) in [5, 5.41) is 3.23. The van der Waals surface area contributed by atoms with E-state index in [9.17, 15) is 4.79 Å². The van der Waals surface area contributed by atoms with Gasteiger partial charge >= 0.3 is 0 Å². The summed E-state index contributed by atoms with van der Waals surface area (Å²) in [6.45, 7) is 14.1. The number of hydrogen-bond acceptors (Lipinski definition) is 3. The lowest BCUT2D eigenvalue weighted by Crippen LogP contribution is -2.53. The molecule has 0 aromatic carbocycles. The van der Waals surface area contributed by atoms with Gasteiger partial charge in [0, 0.05) is 12.6 Å². The van der Waals surface area contributed by atoms with Crippen LogP contribution in [-0.2, 0) is 4.79 Å². The van der Waals surface area contributed by atoms with E-state index in [0.29, 0.717) is 6.04 Å². The molecule has 124 valence electrons. The van der Waals surface area contributed by atoms with E-state index >= 15 is 0 Å². The highest BCUT2D eigenvalue weighted by molar-refractivity contribution is 5.84. The zero-order chi connectivity index (χ0) is 16.0. The van der Waals surface area contributed by atoms with Crippen molar-refractivity contribution in [2.45, 2.75) is 71.9 Å². The average Bonchev–Trinajstić information content (AvgIpc) is 2.40. The number of carbonyl (C=O) groups excluding carboxylic acids is 1. The molecule has 1 saturated heterocycles. The standard InChI is InChI=1S/C17H35N3O/c1-6-19-17(5,16(18)21)9-7-8-10-20-12-13(2)11-14(3)15(20)4/h13-15,19H,6-12H2,1-5H3,(H2,18,21). The highest BCUT2D eigenvalue weighted by Crippen LogP contribution is 2.27. The van der Waals surface area contributed by atoms with Crippen LogP contribution in [0.3, 0.4) is 0 Å². The highest BCUT2D eigenvalue weighted by atomic mass is 16.1. The summed E-state index contributed by atoms with van der Waals surface area (Å²) < 4.78 is 0. The molecular weight excluding hydrogens is 262 g/mol. The van der Waals surface area contributed by atoms with Crippen LogP contribution < -0.4 is 11.1 Å². The second-order valence-electron chi connectivity index (χ2n) is 7.24. The summed E-state index contributed by atoms with van der Waals surface area (Å²) in [7, 11) is 0. The van der Waals surface area contributed by atoms with Crippen molar-refractivity contribution in [3.8, 4) is 0 Å². The first-order valence-corrected chi connectivity index (χ1v) is 8.59. The van der Waals surface area contributed by atoms with Gasteiger partial charge in [0.25, 0.3) is 0 Å². The SMILES string of the molecule is CCNC(C)(CCCCN1CC(C)CC(C)C1C)C(N)=O. The van der Waals surface area contributed by atoms with Gasteiger partial charge in [-0.25, -0.2) is 0 Å². The lowest BCUT2D eigenvalue weighted by atomic mass is 9.85. The fourth-order valence-corrected chi connectivity index (χ4v) is 3.61. The number of unbranched alkanes of at least 4 members (excludes halogenated alkanes) is 1. The van der Waals surface area contributed by atoms with Gasteiger partial charge in [-0.2, -0.15) is 0 Å². The molecule has 0 aromatic rings. The third-order valence-electron chi connectivity index (χ3n) is 5.20. The minimum absolute atomic E-state index is 0.238. The van der Waals surface area contributed by atoms with Crippen LogP contribution in [0.4, 0.5) is 0 Å². The Morgan fingerprint density at radius 2 is 2.00 bits per heavy atom. The maximum atomic E-state index is 11.6. The molecular formula is C17H35N3O. The zero-order valence-electron chi connectivity index (χ0n) is 14.6. The first kappa shape index (κ1) is 18.4. The number of likely N-dealkylation sites (N-methyl/N-ethyl adjacent to an activating group) is 1. The Morgan fingerprint density at radius 1 is 1.33 bits per heavy atom. The number of nitrogens with zero attached hydrogens (tertiary/aromatic N) is 1. The number of piperidine rings is 1. The molecule has 3 N–H and O–H groups in total. The molecule has 4 unspecified atom stereocenters. The molecule has 21 heavy (non-hydrogen) atoms. The summed E-state index contributed by atoms with van der Waals surface area (Å²) in [5.41, 5.74) is 4.98. The molecule has 1 heterocycles. The normalized spacial score (nSPS) is 30.0. The van der Waals surface area contributed by atoms with Gasteiger partial charge in [0.1, 0.15) is 0 Å². The largest absolute Gasteiger partial charge is 0.368 e. The minimum Gasteiger partial charge on any atom is -0.368 e. The number of primary amides is 1. The predicted octanol–water partition coefficient (Wildman–Crippen LogP) is 2.38. The van der Waals surface area contributed by atoms with E-state index in [1.54, 1.807) is 0 Å². The predicted molar refractivity (Wildman–Crippen MR) is 89.1 cm³/mol. The molecule has 4 nitrogen and oxygen atoms in total. The molecule has 0 aromatic heterocycles. The number of carbonyl (C=O) groups is 1. The van der Waals surface area contributed by atoms with Crippen molar-refractivity contribution in [1.82, 2.24) is 10.2 Å². The Morgan fingerprint density at radius 3 is 2.57 bits per heavy atom. The lowest BCUT2D eigenvalue weighted by Gasteiger charge is -2.41. The van der Waals surface area contributed by atoms with Gasteiger partial charge in [0.2, 0.25) is 5.91 Å². The molecule has 1 fully saturated rings. The Labute approximate surface area is 130 Å². The molecule has 1 aliphatic rings. The Balaban J connectivity index is 2.37. The number of hydrogen-bond donors (Lipinski definition) is 2. The highest BCUT2D eigenvalue weighted by Gasteiger charge is 2.30. The second-order valence-corrected chi connectivity index (χ2v) is 7.24. The first-order chi connectivity index (χ1) is 9.80. The molecule has 0 bridgehead atoms. The van der Waals surface area contributed by atoms with Crippen molar-refractivity contribution < 1.29 is 4.79 Å². The van der Waals surface area contributed by atoms with Crippen LogP contribution in [0.1, 0.15) is 60.3 Å². The van der Waals surface area contributed by atoms with Crippen molar-refractivity contribution in [3.63, 3.8) is 0 Å². The Hall–Kier alpha value is -0.610. The van der Waals surface area contributed by atoms with Crippen molar-refractivity contribution >= 4 is 5.91 Å². The van der Waals surface area contributed by atoms with Gasteiger partial charge in [-0.1, -0.05) is 20.8 Å². The van der Waals surface area contributed by atoms with Crippen LogP contribution in [0.5, 0.6) is 0 Å². The average molecular weight is 297 g/mol. The van der Waals surface area contributed by atoms with Gasteiger partial charge in [-0.3, -0.25) is 4.79 Å². The molecule has 1 rings (SSSR count). The summed E-state index contributed by atoms with van der Waals surface area (Å²) in [6, 6.07) is 0.678. The van der Waals surface area contributed by atoms with E-state index in [1.165, 1.54) is 13.0 Å². The molecule has 0 spiro atoms. The van der Waals surface area contributed by atoms with E-state index in [1.807, 2.05) is 13.8 Å². The van der Waals surface area contributed by atoms with Crippen molar-refractivity contribution in [2.24, 2.45) is 17.6 Å². The van der Waals surface area contributed by atoms with Gasteiger partial charge in [0.15, 0.2) is 0 Å². The number of nitrogens with two attached hydrogens (primary N) is 1. The number of amides is 1. The number of nitrogens with one attached hydrogen (secondary N) is 1. The van der Waals surface area contributed by atoms with Crippen LogP contribution in [0.15, 0.2) is 0 Å². The maximum Gasteiger partial charge on any atom is 0.237 e. The van der Waals surface area contributed by atoms with Gasteiger partial charge in [-0.15, -0.1) is 0 Å². The van der Waals surface area contributed by atoms with Gasteiger partial charge in [0.05, 0.1) is 5.54 Å². The van der Waals surface area contributed by atoms with Crippen LogP contribution >= 0.6 is 0 Å². The molecule has 1 aliphatic heterocycles. The van der Waals surface area contributed by atoms with E-state index in [4.69, 9.17) is 5.73 Å². The monoisotopic (exact) mass is 297 g/mol. The van der Waals surface area contributed by atoms with E-state index in [0.717, 1.165) is 44.2 Å². The summed E-state index contributed by atoms with van der Waals surface area (Å²) in [6.07, 6.45) is 4.35. The Bertz CT molecular complexity index is 334. The molecule has 0 radical (unpaired) electrons. The van der Waals surface area contributed by atoms with Crippen molar-refractivity contribution in [2.75, 3.05) is 19.6 Å². The van der Waals surface area contributed by atoms with Crippen LogP contribution in [0.2, 0.25) is 0 Å². The molecule has 0 aliphatic carbocycles. The topological polar surface area (TPSA) is 58.4 Å². The first-order valence-electron chi connectivity index (χ1n) is 8.59. The summed E-state index contributed by atoms with van der Waals surface area (Å²) in [4.78, 5) is 14.2. The number of rotatable bonds is 8. The summed E-state index contributed by atoms with van der Waals surface area (Å²) in [5.74, 6) is 1.35. The maximum absolute atomic E-state index is 11.6. The fourth-order valence-electron chi connectivity index (χ4n) is 3.61. The van der Waals surface area contributed by atoms with Crippen molar-refractivity contribution in [1.29, 1.82) is 0 Å². The van der Waals surface area contributed by atoms with Gasteiger partial charge in [-0.05, 0) is 64.5 Å². The zero-order valence-corrected chi connectivity index (χ0v) is 14.6. The third-order valence-corrected chi connectivity index (χ3v) is 5.20. The molecule has 1 amide bonds. The van der Waals surface area contributed by atoms with Gasteiger partial charge < -0.3 is 16.0 Å². The molecule has 4 heteroatoms. The minimum atomic E-state index is -0.553. The smallest absolute Gasteiger partial charge is 0.237 e. The lowest BCUT2D eigenvalue weighted by molar-refractivity contribution is -0.124. The van der Waals surface area contributed by atoms with Crippen LogP contribution in [0, 0.1) is 11.8 Å². The summed E-state index contributed by atoms with van der Waals surface area (Å²) >= 11 is 0. The quantitative estimate of drug-likeness (QED) is 0.676. The Kier molecular flexibility index (Phi) is 7.14. The van der Waals surface area contributed by atoms with E-state index in [2.05, 4.69) is 31.0 Å². The third kappa shape index (κ3) is 5.26. The second kappa shape index (κ2) is 8.14. The number of likely N-dealkylation sites (tertiary alicyclic amines) is 1. The molecule has 0 saturated carbocycles.